The Morgan fingerprint density at radius 2 is 1.69 bits per heavy atom. The van der Waals surface area contributed by atoms with Crippen LogP contribution in [0.4, 0.5) is 16.2 Å². The number of hydrogen-bond donors (Lipinski definition) is 2. The molecule has 0 spiro atoms. The van der Waals surface area contributed by atoms with Crippen LogP contribution in [-0.4, -0.2) is 103 Å². The van der Waals surface area contributed by atoms with Crippen molar-refractivity contribution in [1.82, 2.24) is 30.0 Å². The van der Waals surface area contributed by atoms with Crippen LogP contribution >= 0.6 is 0 Å². The van der Waals surface area contributed by atoms with E-state index < -0.39 is 0 Å². The maximum absolute atomic E-state index is 14.0. The van der Waals surface area contributed by atoms with E-state index in [0.29, 0.717) is 19.0 Å². The lowest BCUT2D eigenvalue weighted by molar-refractivity contribution is 0.0511. The molecule has 0 aromatic heterocycles. The zero-order valence-electron chi connectivity index (χ0n) is 29.6. The highest BCUT2D eigenvalue weighted by molar-refractivity contribution is 6.06. The standard InChI is InChI=1S/C33H51N9O.C2H6/c1-10-26(7)32(24(3)4)36-33(43)42(29-21-38(9)41(22-29)25(5)6)30-20-31(37(8)23-34-30)35-27-12-14-28(15-13-27)40-18-16-39(11-2)17-19-40;1-2/h10,12-15,20,22,25,35H,11,16-19,21,23H2,1-9H3,(H,36,43);1-2H3/b26-10-;. The molecule has 2 N–H and O–H groups in total. The smallest absolute Gasteiger partial charge is 0.331 e. The van der Waals surface area contributed by atoms with Gasteiger partial charge in [0.2, 0.25) is 0 Å². The summed E-state index contributed by atoms with van der Waals surface area (Å²) >= 11 is 0. The van der Waals surface area contributed by atoms with Crippen molar-refractivity contribution in [2.24, 2.45) is 4.99 Å². The van der Waals surface area contributed by atoms with Crippen molar-refractivity contribution in [2.75, 3.05) is 70.2 Å². The van der Waals surface area contributed by atoms with Crippen molar-refractivity contribution < 1.29 is 4.79 Å². The number of benzene rings is 1. The number of rotatable bonds is 8. The first kappa shape index (κ1) is 35.7. The van der Waals surface area contributed by atoms with Gasteiger partial charge in [0.1, 0.15) is 18.3 Å². The van der Waals surface area contributed by atoms with Gasteiger partial charge in [-0.05, 0) is 77.9 Å². The number of aliphatic imine (C=N–C) groups is 1. The van der Waals surface area contributed by atoms with Gasteiger partial charge in [-0.25, -0.2) is 19.7 Å². The molecule has 1 saturated heterocycles. The average Bonchev–Trinajstić information content (AvgIpc) is 3.43. The average molecular weight is 620 g/mol. The van der Waals surface area contributed by atoms with Crippen LogP contribution in [0.15, 0.2) is 76.0 Å². The number of amides is 2. The van der Waals surface area contributed by atoms with Gasteiger partial charge in [-0.2, -0.15) is 0 Å². The molecule has 0 bridgehead atoms. The molecule has 0 unspecified atom stereocenters. The third-order valence-electron chi connectivity index (χ3n) is 8.32. The molecule has 3 aliphatic heterocycles. The summed E-state index contributed by atoms with van der Waals surface area (Å²) in [7, 11) is 4.04. The molecule has 0 atom stereocenters. The lowest BCUT2D eigenvalue weighted by atomic mass is 10.1. The van der Waals surface area contributed by atoms with E-state index in [-0.39, 0.29) is 12.1 Å². The van der Waals surface area contributed by atoms with Gasteiger partial charge in [-0.1, -0.05) is 32.4 Å². The maximum atomic E-state index is 14.0. The van der Waals surface area contributed by atoms with Gasteiger partial charge in [0.15, 0.2) is 0 Å². The van der Waals surface area contributed by atoms with Crippen molar-refractivity contribution in [3.05, 3.63) is 71.0 Å². The molecule has 0 aliphatic carbocycles. The number of carbonyl (C=O) groups excluding carboxylic acids is 1. The number of carbonyl (C=O) groups is 1. The highest BCUT2D eigenvalue weighted by Crippen LogP contribution is 2.25. The van der Waals surface area contributed by atoms with Crippen LogP contribution in [0, 0.1) is 0 Å². The van der Waals surface area contributed by atoms with E-state index in [0.717, 1.165) is 66.8 Å². The summed E-state index contributed by atoms with van der Waals surface area (Å²) in [4.78, 5) is 27.6. The monoisotopic (exact) mass is 619 g/mol. The molecule has 3 aliphatic rings. The fourth-order valence-corrected chi connectivity index (χ4v) is 5.61. The van der Waals surface area contributed by atoms with E-state index in [1.54, 1.807) is 4.90 Å². The lowest BCUT2D eigenvalue weighted by Crippen LogP contribution is -2.46. The van der Waals surface area contributed by atoms with Crippen molar-refractivity contribution in [3.8, 4) is 0 Å². The lowest BCUT2D eigenvalue weighted by Gasteiger charge is -2.35. The number of nitrogens with zero attached hydrogens (tertiary/aromatic N) is 7. The number of hydrazine groups is 1. The van der Waals surface area contributed by atoms with Gasteiger partial charge >= 0.3 is 6.03 Å². The van der Waals surface area contributed by atoms with Gasteiger partial charge in [0.25, 0.3) is 0 Å². The van der Waals surface area contributed by atoms with E-state index in [1.165, 1.54) is 5.69 Å². The molecule has 3 heterocycles. The Morgan fingerprint density at radius 3 is 2.22 bits per heavy atom. The maximum Gasteiger partial charge on any atom is 0.331 e. The Kier molecular flexibility index (Phi) is 13.1. The molecular weight excluding hydrogens is 562 g/mol. The Bertz CT molecular complexity index is 1300. The number of hydrogen-bond acceptors (Lipinski definition) is 8. The second-order valence-electron chi connectivity index (χ2n) is 12.0. The number of anilines is 2. The van der Waals surface area contributed by atoms with Gasteiger partial charge in [0.05, 0.1) is 12.2 Å². The summed E-state index contributed by atoms with van der Waals surface area (Å²) in [6, 6.07) is 8.66. The summed E-state index contributed by atoms with van der Waals surface area (Å²) < 4.78 is 0. The SMILES string of the molecule is C/C=C(/C)C(NC(=O)N(C1=CN(C(C)C)N(C)C1)C1=NCN(C)C(Nc2ccc(N3CCN(CC)CC3)cc2)=C1)=C(C)C.CC. The van der Waals surface area contributed by atoms with Gasteiger partial charge in [-0.15, -0.1) is 0 Å². The summed E-state index contributed by atoms with van der Waals surface area (Å²) in [6.07, 6.45) is 6.03. The third-order valence-corrected chi connectivity index (χ3v) is 8.32. The quantitative estimate of drug-likeness (QED) is 0.341. The number of nitrogens with one attached hydrogen (secondary N) is 2. The van der Waals surface area contributed by atoms with Gasteiger partial charge in [-0.3, -0.25) is 0 Å². The van der Waals surface area contributed by atoms with Crippen molar-refractivity contribution in [1.29, 1.82) is 0 Å². The first-order valence-corrected chi connectivity index (χ1v) is 16.5. The highest BCUT2D eigenvalue weighted by Gasteiger charge is 2.32. The largest absolute Gasteiger partial charge is 0.369 e. The first-order valence-electron chi connectivity index (χ1n) is 16.5. The van der Waals surface area contributed by atoms with Crippen molar-refractivity contribution in [2.45, 2.75) is 68.4 Å². The fourth-order valence-electron chi connectivity index (χ4n) is 5.61. The van der Waals surface area contributed by atoms with Crippen LogP contribution in [0.5, 0.6) is 0 Å². The van der Waals surface area contributed by atoms with E-state index in [2.05, 4.69) is 86.6 Å². The van der Waals surface area contributed by atoms with Crippen LogP contribution < -0.4 is 15.5 Å². The van der Waals surface area contributed by atoms with Crippen molar-refractivity contribution >= 4 is 23.2 Å². The van der Waals surface area contributed by atoms with Gasteiger partial charge in [0, 0.05) is 75.7 Å². The third kappa shape index (κ3) is 8.92. The molecule has 0 saturated carbocycles. The van der Waals surface area contributed by atoms with Crippen LogP contribution in [0.25, 0.3) is 0 Å². The molecule has 0 radical (unpaired) electrons. The molecule has 10 nitrogen and oxygen atoms in total. The molecule has 45 heavy (non-hydrogen) atoms. The molecule has 248 valence electrons. The van der Waals surface area contributed by atoms with Gasteiger partial charge < -0.3 is 30.3 Å². The molecular formula is C35H57N9O. The van der Waals surface area contributed by atoms with E-state index >= 15 is 0 Å². The predicted octanol–water partition coefficient (Wildman–Crippen LogP) is 6.09. The molecule has 10 heteroatoms. The molecule has 1 aromatic rings. The summed E-state index contributed by atoms with van der Waals surface area (Å²) in [5.74, 6) is 1.48. The zero-order valence-corrected chi connectivity index (χ0v) is 29.6. The summed E-state index contributed by atoms with van der Waals surface area (Å²) in [5, 5.41) is 11.0. The minimum Gasteiger partial charge on any atom is -0.369 e. The Balaban J connectivity index is 0.00000271. The topological polar surface area (TPSA) is 72.9 Å². The molecule has 1 fully saturated rings. The Labute approximate surface area is 272 Å². The van der Waals surface area contributed by atoms with Crippen LogP contribution in [0.3, 0.4) is 0 Å². The minimum absolute atomic E-state index is 0.228. The molecule has 2 amide bonds. The highest BCUT2D eigenvalue weighted by atomic mass is 16.2. The summed E-state index contributed by atoms with van der Waals surface area (Å²) in [6.45, 7) is 25.0. The van der Waals surface area contributed by atoms with Crippen LogP contribution in [0.2, 0.25) is 0 Å². The second-order valence-corrected chi connectivity index (χ2v) is 12.0. The first-order chi connectivity index (χ1) is 21.5. The number of amidine groups is 1. The predicted molar refractivity (Wildman–Crippen MR) is 190 cm³/mol. The number of urea groups is 1. The van der Waals surface area contributed by atoms with E-state index in [9.17, 15) is 4.79 Å². The van der Waals surface area contributed by atoms with E-state index in [1.807, 2.05) is 67.8 Å². The molecule has 1 aromatic carbocycles. The Hall–Kier alpha value is -3.76. The second kappa shape index (κ2) is 16.5. The normalized spacial score (nSPS) is 17.7. The number of likely N-dealkylation sites (N-methyl/N-ethyl adjacent to an activating group) is 2. The number of allylic oxidation sites excluding steroid dienone is 3. The summed E-state index contributed by atoms with van der Waals surface area (Å²) in [5.41, 5.74) is 6.00. The minimum atomic E-state index is -0.228. The fraction of sp³-hybridized carbons (Fsp3) is 0.543. The zero-order chi connectivity index (χ0) is 33.3. The molecule has 4 rings (SSSR count). The Morgan fingerprint density at radius 1 is 1.04 bits per heavy atom. The van der Waals surface area contributed by atoms with Crippen LogP contribution in [-0.2, 0) is 0 Å². The van der Waals surface area contributed by atoms with Crippen molar-refractivity contribution in [3.63, 3.8) is 0 Å². The number of piperazine rings is 1. The van der Waals surface area contributed by atoms with Crippen LogP contribution in [0.1, 0.15) is 62.3 Å². The van der Waals surface area contributed by atoms with E-state index in [4.69, 9.17) is 4.99 Å².